The van der Waals surface area contributed by atoms with E-state index in [1.165, 1.54) is 0 Å². The molecule has 0 saturated heterocycles. The van der Waals surface area contributed by atoms with E-state index in [1.54, 1.807) is 0 Å². The smallest absolute Gasteiger partial charge is 0.0383 e. The van der Waals surface area contributed by atoms with Gasteiger partial charge < -0.3 is 16.0 Å². The van der Waals surface area contributed by atoms with E-state index in [-0.39, 0.29) is 7.43 Å². The van der Waals surface area contributed by atoms with Crippen LogP contribution in [0.25, 0.3) is 0 Å². The van der Waals surface area contributed by atoms with Crippen LogP contribution < -0.4 is 16.0 Å². The molecule has 0 aliphatic carbocycles. The second kappa shape index (κ2) is 7.93. The molecule has 0 aliphatic heterocycles. The molecule has 0 unspecified atom stereocenters. The summed E-state index contributed by atoms with van der Waals surface area (Å²) in [5.41, 5.74) is 3.46. The summed E-state index contributed by atoms with van der Waals surface area (Å²) in [6.07, 6.45) is 0. The Balaban J connectivity index is 0.00000324. The molecule has 1 aromatic carbocycles. The second-order valence-corrected chi connectivity index (χ2v) is 5.70. The number of rotatable bonds is 6. The van der Waals surface area contributed by atoms with Crippen LogP contribution in [0.3, 0.4) is 0 Å². The van der Waals surface area contributed by atoms with Crippen molar-refractivity contribution in [2.45, 2.75) is 67.1 Å². The molecule has 0 aliphatic rings. The van der Waals surface area contributed by atoms with Crippen molar-refractivity contribution in [3.05, 3.63) is 18.2 Å². The maximum absolute atomic E-state index is 3.45. The highest BCUT2D eigenvalue weighted by atomic mass is 15.0. The van der Waals surface area contributed by atoms with Gasteiger partial charge in [-0.25, -0.2) is 0 Å². The predicted octanol–water partition coefficient (Wildman–Crippen LogP) is 4.78. The van der Waals surface area contributed by atoms with Gasteiger partial charge in [0.15, 0.2) is 0 Å². The van der Waals surface area contributed by atoms with Crippen LogP contribution in [0, 0.1) is 0 Å². The van der Waals surface area contributed by atoms with Crippen molar-refractivity contribution in [3.8, 4) is 0 Å². The Morgan fingerprint density at radius 3 is 0.947 bits per heavy atom. The first-order valence-electron chi connectivity index (χ1n) is 6.81. The quantitative estimate of drug-likeness (QED) is 0.692. The number of anilines is 3. The van der Waals surface area contributed by atoms with Crippen LogP contribution >= 0.6 is 0 Å². The van der Waals surface area contributed by atoms with E-state index in [9.17, 15) is 0 Å². The molecule has 0 saturated carbocycles. The maximum atomic E-state index is 3.45. The van der Waals surface area contributed by atoms with Gasteiger partial charge in [0.1, 0.15) is 0 Å². The molecule has 0 fully saturated rings. The summed E-state index contributed by atoms with van der Waals surface area (Å²) in [7, 11) is 0. The first-order chi connectivity index (χ1) is 8.36. The molecule has 0 amide bonds. The van der Waals surface area contributed by atoms with Crippen molar-refractivity contribution in [3.63, 3.8) is 0 Å². The van der Waals surface area contributed by atoms with Crippen LogP contribution in [0.5, 0.6) is 0 Å². The average molecular weight is 265 g/mol. The van der Waals surface area contributed by atoms with E-state index in [0.29, 0.717) is 18.1 Å². The fraction of sp³-hybridized carbons (Fsp3) is 0.625. The van der Waals surface area contributed by atoms with E-state index in [2.05, 4.69) is 75.7 Å². The van der Waals surface area contributed by atoms with Crippen molar-refractivity contribution in [1.82, 2.24) is 0 Å². The fourth-order valence-electron chi connectivity index (χ4n) is 1.88. The summed E-state index contributed by atoms with van der Waals surface area (Å²) in [6.45, 7) is 12.9. The summed E-state index contributed by atoms with van der Waals surface area (Å²) >= 11 is 0. The highest BCUT2D eigenvalue weighted by molar-refractivity contribution is 5.67. The van der Waals surface area contributed by atoms with Crippen LogP contribution in [0.4, 0.5) is 17.1 Å². The first kappa shape index (κ1) is 17.6. The Hall–Kier alpha value is -1.38. The zero-order valence-electron chi connectivity index (χ0n) is 12.5. The van der Waals surface area contributed by atoms with Gasteiger partial charge in [0, 0.05) is 35.2 Å². The topological polar surface area (TPSA) is 36.1 Å². The minimum atomic E-state index is 0. The lowest BCUT2D eigenvalue weighted by Crippen LogP contribution is -2.14. The van der Waals surface area contributed by atoms with Crippen LogP contribution in [0.15, 0.2) is 18.2 Å². The summed E-state index contributed by atoms with van der Waals surface area (Å²) < 4.78 is 0. The summed E-state index contributed by atoms with van der Waals surface area (Å²) in [5, 5.41) is 10.4. The van der Waals surface area contributed by atoms with E-state index in [0.717, 1.165) is 17.1 Å². The maximum Gasteiger partial charge on any atom is 0.0383 e. The van der Waals surface area contributed by atoms with Gasteiger partial charge in [0.2, 0.25) is 0 Å². The van der Waals surface area contributed by atoms with Gasteiger partial charge in [-0.15, -0.1) is 0 Å². The zero-order chi connectivity index (χ0) is 13.7. The van der Waals surface area contributed by atoms with Gasteiger partial charge in [-0.1, -0.05) is 7.43 Å². The number of hydrogen-bond acceptors (Lipinski definition) is 3. The summed E-state index contributed by atoms with van der Waals surface area (Å²) in [5.74, 6) is 0. The normalized spacial score (nSPS) is 10.6. The van der Waals surface area contributed by atoms with Gasteiger partial charge in [0.05, 0.1) is 0 Å². The van der Waals surface area contributed by atoms with E-state index in [1.807, 2.05) is 0 Å². The molecule has 3 N–H and O–H groups in total. The Kier molecular flexibility index (Phi) is 7.35. The van der Waals surface area contributed by atoms with Crippen molar-refractivity contribution in [1.29, 1.82) is 0 Å². The van der Waals surface area contributed by atoms with Gasteiger partial charge in [0.25, 0.3) is 0 Å². The molecule has 3 nitrogen and oxygen atoms in total. The highest BCUT2D eigenvalue weighted by Gasteiger charge is 2.04. The molecule has 0 bridgehead atoms. The lowest BCUT2D eigenvalue weighted by atomic mass is 10.2. The van der Waals surface area contributed by atoms with E-state index >= 15 is 0 Å². The highest BCUT2D eigenvalue weighted by Crippen LogP contribution is 2.24. The lowest BCUT2D eigenvalue weighted by molar-refractivity contribution is 0.887. The van der Waals surface area contributed by atoms with Crippen LogP contribution in [-0.4, -0.2) is 18.1 Å². The third kappa shape index (κ3) is 6.94. The summed E-state index contributed by atoms with van der Waals surface area (Å²) in [6, 6.07) is 7.78. The standard InChI is InChI=1S/C15H27N3.CH4/c1-10(2)16-13-7-14(17-11(3)4)9-15(8-13)18-12(5)6;/h7-12,16-18H,1-6H3;1H4. The average Bonchev–Trinajstić information content (AvgIpc) is 2.12. The molecule has 0 radical (unpaired) electrons. The third-order valence-electron chi connectivity index (χ3n) is 2.30. The lowest BCUT2D eigenvalue weighted by Gasteiger charge is -2.18. The SMILES string of the molecule is C.CC(C)Nc1cc(NC(C)C)cc(NC(C)C)c1. The van der Waals surface area contributed by atoms with E-state index in [4.69, 9.17) is 0 Å². The molecule has 1 aromatic rings. The minimum absolute atomic E-state index is 0. The molecular weight excluding hydrogens is 234 g/mol. The molecule has 19 heavy (non-hydrogen) atoms. The van der Waals surface area contributed by atoms with Crippen LogP contribution in [-0.2, 0) is 0 Å². The predicted molar refractivity (Wildman–Crippen MR) is 89.4 cm³/mol. The first-order valence-corrected chi connectivity index (χ1v) is 6.81. The van der Waals surface area contributed by atoms with Crippen molar-refractivity contribution in [2.24, 2.45) is 0 Å². The number of nitrogens with one attached hydrogen (secondary N) is 3. The molecule has 0 heterocycles. The van der Waals surface area contributed by atoms with E-state index < -0.39 is 0 Å². The second-order valence-electron chi connectivity index (χ2n) is 5.70. The largest absolute Gasteiger partial charge is 0.383 e. The van der Waals surface area contributed by atoms with Crippen LogP contribution in [0.1, 0.15) is 49.0 Å². The Bertz CT molecular complexity index is 301. The molecule has 0 atom stereocenters. The minimum Gasteiger partial charge on any atom is -0.383 e. The summed E-state index contributed by atoms with van der Waals surface area (Å²) in [4.78, 5) is 0. The van der Waals surface area contributed by atoms with Crippen LogP contribution in [0.2, 0.25) is 0 Å². The van der Waals surface area contributed by atoms with Gasteiger partial charge >= 0.3 is 0 Å². The van der Waals surface area contributed by atoms with Gasteiger partial charge in [-0.05, 0) is 59.7 Å². The molecule has 0 spiro atoms. The molecular formula is C16H31N3. The fourth-order valence-corrected chi connectivity index (χ4v) is 1.88. The molecule has 0 aromatic heterocycles. The van der Waals surface area contributed by atoms with Gasteiger partial charge in [-0.3, -0.25) is 0 Å². The molecule has 3 heteroatoms. The number of benzene rings is 1. The number of hydrogen-bond donors (Lipinski definition) is 3. The Labute approximate surface area is 119 Å². The third-order valence-corrected chi connectivity index (χ3v) is 2.30. The van der Waals surface area contributed by atoms with Crippen molar-refractivity contribution in [2.75, 3.05) is 16.0 Å². The van der Waals surface area contributed by atoms with Gasteiger partial charge in [-0.2, -0.15) is 0 Å². The van der Waals surface area contributed by atoms with Crippen molar-refractivity contribution < 1.29 is 0 Å². The molecule has 1 rings (SSSR count). The monoisotopic (exact) mass is 265 g/mol. The molecule has 110 valence electrons. The Morgan fingerprint density at radius 2 is 0.789 bits per heavy atom. The zero-order valence-corrected chi connectivity index (χ0v) is 12.5. The Morgan fingerprint density at radius 1 is 0.579 bits per heavy atom. The van der Waals surface area contributed by atoms with Crippen molar-refractivity contribution >= 4 is 17.1 Å².